The van der Waals surface area contributed by atoms with Gasteiger partial charge < -0.3 is 5.73 Å². The molecule has 0 amide bonds. The van der Waals surface area contributed by atoms with Gasteiger partial charge in [-0.15, -0.1) is 0 Å². The molecule has 1 heterocycles. The van der Waals surface area contributed by atoms with Crippen LogP contribution in [0.3, 0.4) is 0 Å². The van der Waals surface area contributed by atoms with Crippen LogP contribution in [-0.4, -0.2) is 44.6 Å². The van der Waals surface area contributed by atoms with E-state index in [2.05, 4.69) is 31.0 Å². The van der Waals surface area contributed by atoms with Crippen LogP contribution in [-0.2, 0) is 0 Å². The van der Waals surface area contributed by atoms with Crippen molar-refractivity contribution >= 4 is 51.2 Å². The molecule has 0 spiro atoms. The van der Waals surface area contributed by atoms with Crippen molar-refractivity contribution in [3.63, 3.8) is 0 Å². The Kier molecular flexibility index (Phi) is 7.14. The monoisotopic (exact) mass is 333 g/mol. The van der Waals surface area contributed by atoms with Crippen LogP contribution in [0.4, 0.5) is 0 Å². The summed E-state index contributed by atoms with van der Waals surface area (Å²) in [5.74, 6) is 3.05. The SMILES string of the molecule is BBC1CCC2BSC3CCCC(N)CCC3SBC2CC1. The molecule has 3 rings (SSSR count). The smallest absolute Gasteiger partial charge is 0.194 e. The van der Waals surface area contributed by atoms with Gasteiger partial charge in [-0.2, -0.15) is 0 Å². The van der Waals surface area contributed by atoms with Crippen LogP contribution in [0, 0.1) is 0 Å². The maximum absolute atomic E-state index is 6.24. The largest absolute Gasteiger partial charge is 0.328 e. The molecular weight excluding hydrogens is 302 g/mol. The van der Waals surface area contributed by atoms with Crippen molar-refractivity contribution in [2.45, 2.75) is 91.8 Å². The van der Waals surface area contributed by atoms with Gasteiger partial charge >= 0.3 is 0 Å². The van der Waals surface area contributed by atoms with Gasteiger partial charge in [-0.25, -0.2) is 23.2 Å². The molecule has 6 unspecified atom stereocenters. The highest BCUT2D eigenvalue weighted by atomic mass is 32.2. The highest BCUT2D eigenvalue weighted by molar-refractivity contribution is 8.26. The lowest BCUT2D eigenvalue weighted by atomic mass is 9.45. The minimum atomic E-state index is 0.480. The maximum atomic E-state index is 6.24. The summed E-state index contributed by atoms with van der Waals surface area (Å²) >= 11 is 4.68. The fourth-order valence-electron chi connectivity index (χ4n) is 4.71. The van der Waals surface area contributed by atoms with Crippen LogP contribution in [0.1, 0.15) is 57.8 Å². The first-order chi connectivity index (χ1) is 10.8. The second-order valence-corrected chi connectivity index (χ2v) is 10.5. The Morgan fingerprint density at radius 2 is 1.45 bits per heavy atom. The summed E-state index contributed by atoms with van der Waals surface area (Å²) in [5, 5.41) is 1.81. The van der Waals surface area contributed by atoms with Crippen molar-refractivity contribution in [1.29, 1.82) is 0 Å². The van der Waals surface area contributed by atoms with Gasteiger partial charge in [0.25, 0.3) is 0 Å². The lowest BCUT2D eigenvalue weighted by Gasteiger charge is -2.36. The van der Waals surface area contributed by atoms with Gasteiger partial charge in [-0.1, -0.05) is 49.6 Å². The van der Waals surface area contributed by atoms with E-state index >= 15 is 0 Å². The second kappa shape index (κ2) is 8.85. The molecular formula is C15H31B4NS2. The van der Waals surface area contributed by atoms with Crippen molar-refractivity contribution < 1.29 is 0 Å². The number of hydrogen-bond acceptors (Lipinski definition) is 3. The summed E-state index contributed by atoms with van der Waals surface area (Å²) in [6.07, 6.45) is 12.7. The predicted molar refractivity (Wildman–Crippen MR) is 114 cm³/mol. The summed E-state index contributed by atoms with van der Waals surface area (Å²) in [7, 11) is 3.80. The van der Waals surface area contributed by atoms with Crippen LogP contribution in [0.5, 0.6) is 0 Å². The minimum absolute atomic E-state index is 0.480. The summed E-state index contributed by atoms with van der Waals surface area (Å²) in [5.41, 5.74) is 6.24. The highest BCUT2D eigenvalue weighted by Gasteiger charge is 2.35. The van der Waals surface area contributed by atoms with Crippen molar-refractivity contribution in [3.05, 3.63) is 0 Å². The molecule has 0 aromatic rings. The molecule has 0 aromatic heterocycles. The molecule has 3 aliphatic rings. The minimum Gasteiger partial charge on any atom is -0.328 e. The van der Waals surface area contributed by atoms with Gasteiger partial charge in [0.2, 0.25) is 0 Å². The fraction of sp³-hybridized carbons (Fsp3) is 1.00. The van der Waals surface area contributed by atoms with Gasteiger partial charge in [-0.3, -0.25) is 0 Å². The van der Waals surface area contributed by atoms with E-state index in [0.717, 1.165) is 28.0 Å². The van der Waals surface area contributed by atoms with Crippen molar-refractivity contribution in [1.82, 2.24) is 0 Å². The van der Waals surface area contributed by atoms with Crippen LogP contribution >= 0.6 is 23.2 Å². The molecule has 2 aliphatic carbocycles. The Morgan fingerprint density at radius 1 is 0.818 bits per heavy atom. The third-order valence-corrected chi connectivity index (χ3v) is 9.88. The Hall–Kier alpha value is 0.920. The molecule has 120 valence electrons. The van der Waals surface area contributed by atoms with E-state index in [1.54, 1.807) is 0 Å². The Balaban J connectivity index is 1.61. The van der Waals surface area contributed by atoms with Crippen molar-refractivity contribution in [2.75, 3.05) is 0 Å². The number of hydrogen-bond donors (Lipinski definition) is 1. The summed E-state index contributed by atoms with van der Waals surface area (Å²) in [6.45, 7) is 2.90. The van der Waals surface area contributed by atoms with Gasteiger partial charge in [0.1, 0.15) is 0 Å². The lowest BCUT2D eigenvalue weighted by molar-refractivity contribution is 0.467. The molecule has 2 N–H and O–H groups in total. The summed E-state index contributed by atoms with van der Waals surface area (Å²) < 4.78 is 0. The highest BCUT2D eigenvalue weighted by Crippen LogP contribution is 2.48. The third kappa shape index (κ3) is 4.72. The van der Waals surface area contributed by atoms with Crippen molar-refractivity contribution in [3.8, 4) is 0 Å². The molecule has 2 saturated carbocycles. The molecule has 7 heteroatoms. The zero-order valence-electron chi connectivity index (χ0n) is 14.3. The van der Waals surface area contributed by atoms with E-state index in [-0.39, 0.29) is 0 Å². The van der Waals surface area contributed by atoms with E-state index in [0.29, 0.717) is 6.04 Å². The first-order valence-electron chi connectivity index (χ1n) is 9.75. The second-order valence-electron chi connectivity index (χ2n) is 7.96. The van der Waals surface area contributed by atoms with Gasteiger partial charge in [0.05, 0.1) is 14.9 Å². The molecule has 22 heavy (non-hydrogen) atoms. The Bertz CT molecular complexity index is 348. The quantitative estimate of drug-likeness (QED) is 0.745. The molecule has 1 saturated heterocycles. The van der Waals surface area contributed by atoms with E-state index in [1.807, 2.05) is 0 Å². The first kappa shape index (κ1) is 17.7. The number of fused-ring (bicyclic) bond motifs is 2. The molecule has 0 bridgehead atoms. The molecule has 1 nitrogen and oxygen atoms in total. The maximum Gasteiger partial charge on any atom is 0.194 e. The standard InChI is InChI=1S/C15H31B4NS2/c16-17-10-4-7-12-13(8-5-10)19-22-15-9-6-11(20)2-1-3-14(15)21-18-12/h10-15,17-19H,1-9,16,20H2. The molecule has 0 aromatic carbocycles. The normalized spacial score (nSPS) is 43.5. The summed E-state index contributed by atoms with van der Waals surface area (Å²) in [6, 6.07) is 0.480. The Labute approximate surface area is 148 Å². The van der Waals surface area contributed by atoms with Gasteiger partial charge in [-0.05, 0) is 25.7 Å². The lowest BCUT2D eigenvalue weighted by Crippen LogP contribution is -2.32. The van der Waals surface area contributed by atoms with E-state index < -0.39 is 0 Å². The predicted octanol–water partition coefficient (Wildman–Crippen LogP) is 2.12. The first-order valence-corrected chi connectivity index (χ1v) is 11.8. The van der Waals surface area contributed by atoms with Crippen LogP contribution in [0.25, 0.3) is 0 Å². The zero-order chi connectivity index (χ0) is 15.4. The van der Waals surface area contributed by atoms with E-state index in [1.165, 1.54) is 78.1 Å². The van der Waals surface area contributed by atoms with Crippen LogP contribution in [0.15, 0.2) is 0 Å². The fourth-order valence-corrected chi connectivity index (χ4v) is 8.39. The Morgan fingerprint density at radius 3 is 2.09 bits per heavy atom. The molecule has 1 aliphatic heterocycles. The van der Waals surface area contributed by atoms with Crippen LogP contribution < -0.4 is 5.73 Å². The summed E-state index contributed by atoms with van der Waals surface area (Å²) in [4.78, 5) is 0. The number of nitrogens with two attached hydrogens (primary N) is 1. The average molecular weight is 333 g/mol. The number of rotatable bonds is 1. The van der Waals surface area contributed by atoms with Gasteiger partial charge in [0, 0.05) is 16.5 Å². The molecule has 0 radical (unpaired) electrons. The zero-order valence-corrected chi connectivity index (χ0v) is 16.0. The van der Waals surface area contributed by atoms with E-state index in [9.17, 15) is 0 Å². The van der Waals surface area contributed by atoms with Crippen molar-refractivity contribution in [2.24, 2.45) is 5.73 Å². The van der Waals surface area contributed by atoms with Gasteiger partial charge in [0.15, 0.2) is 13.1 Å². The molecule has 6 atom stereocenters. The topological polar surface area (TPSA) is 26.0 Å². The average Bonchev–Trinajstić information content (AvgIpc) is 2.69. The van der Waals surface area contributed by atoms with E-state index in [4.69, 9.17) is 5.73 Å². The third-order valence-electron chi connectivity index (χ3n) is 6.48. The van der Waals surface area contributed by atoms with Crippen LogP contribution in [0.2, 0.25) is 17.5 Å². The molecule has 3 fully saturated rings.